The number of hydrogen-bond acceptors (Lipinski definition) is 1. The fourth-order valence-electron chi connectivity index (χ4n) is 6.03. The largest absolute Gasteiger partial charge is 0.256 e. The van der Waals surface area contributed by atoms with Gasteiger partial charge >= 0.3 is 0 Å². The minimum absolute atomic E-state index is 0.426. The summed E-state index contributed by atoms with van der Waals surface area (Å²) in [5, 5.41) is 8.11. The van der Waals surface area contributed by atoms with Crippen LogP contribution in [-0.4, -0.2) is 6.21 Å². The van der Waals surface area contributed by atoms with Gasteiger partial charge in [-0.1, -0.05) is 179 Å². The Morgan fingerprint density at radius 2 is 0.826 bits per heavy atom. The fourth-order valence-corrected chi connectivity index (χ4v) is 11.5. The first-order valence-electron chi connectivity index (χ1n) is 16.1. The zero-order valence-corrected chi connectivity index (χ0v) is 28.9. The van der Waals surface area contributed by atoms with Crippen molar-refractivity contribution in [2.24, 2.45) is 4.99 Å². The maximum atomic E-state index is 5.30. The molecule has 0 spiro atoms. The lowest BCUT2D eigenvalue weighted by Gasteiger charge is -2.28. The van der Waals surface area contributed by atoms with Crippen LogP contribution < -0.4 is 31.8 Å². The second-order valence-corrected chi connectivity index (χ2v) is 16.4. The van der Waals surface area contributed by atoms with Crippen LogP contribution in [0, 0.1) is 0 Å². The van der Waals surface area contributed by atoms with Crippen molar-refractivity contribution < 1.29 is 0 Å². The van der Waals surface area contributed by atoms with E-state index < -0.39 is 15.8 Å². The highest BCUT2D eigenvalue weighted by Gasteiger charge is 2.25. The first-order valence-corrected chi connectivity index (χ1v) is 18.8. The Labute approximate surface area is 277 Å². The molecule has 0 atom stereocenters. The molecule has 0 N–H and O–H groups in total. The molecule has 6 aromatic rings. The molecule has 0 radical (unpaired) electrons. The molecule has 1 nitrogen and oxygen atoms in total. The molecule has 0 aliphatic rings. The fraction of sp³-hybridized carbons (Fsp3) is 0.140. The van der Waals surface area contributed by atoms with Crippen LogP contribution in [0.3, 0.4) is 0 Å². The lowest BCUT2D eigenvalue weighted by Crippen LogP contribution is -2.28. The maximum absolute atomic E-state index is 5.30. The number of nitrogens with zero attached hydrogens (tertiary/aromatic N) is 1. The number of benzene rings is 6. The topological polar surface area (TPSA) is 12.4 Å². The van der Waals surface area contributed by atoms with Gasteiger partial charge in [0, 0.05) is 17.1 Å². The molecule has 6 aromatic carbocycles. The third-order valence-corrected chi connectivity index (χ3v) is 13.4. The maximum Gasteiger partial charge on any atom is 0.0713 e. The van der Waals surface area contributed by atoms with Crippen molar-refractivity contribution in [3.05, 3.63) is 174 Å². The predicted octanol–water partition coefficient (Wildman–Crippen LogP) is 9.20. The van der Waals surface area contributed by atoms with Crippen LogP contribution in [0.5, 0.6) is 0 Å². The van der Waals surface area contributed by atoms with Crippen LogP contribution in [0.25, 0.3) is 0 Å². The van der Waals surface area contributed by atoms with Gasteiger partial charge in [-0.3, -0.25) is 4.99 Å². The van der Waals surface area contributed by atoms with Crippen molar-refractivity contribution in [2.75, 3.05) is 0 Å². The highest BCUT2D eigenvalue weighted by molar-refractivity contribution is 7.80. The molecule has 0 saturated heterocycles. The molecule has 0 fully saturated rings. The summed E-state index contributed by atoms with van der Waals surface area (Å²) in [6, 6.07) is 57.5. The summed E-state index contributed by atoms with van der Waals surface area (Å²) in [5.41, 5.74) is 5.02. The smallest absolute Gasteiger partial charge is 0.0713 e. The van der Waals surface area contributed by atoms with E-state index in [0.29, 0.717) is 11.8 Å². The first-order chi connectivity index (χ1) is 22.5. The summed E-state index contributed by atoms with van der Waals surface area (Å²) in [7, 11) is -1.61. The van der Waals surface area contributed by atoms with Crippen LogP contribution in [0.15, 0.2) is 163 Å². The molecule has 0 aliphatic heterocycles. The van der Waals surface area contributed by atoms with Gasteiger partial charge in [0.15, 0.2) is 0 Å². The zero-order chi connectivity index (χ0) is 31.9. The molecule has 0 amide bonds. The molecular formula is C43H41NP2. The van der Waals surface area contributed by atoms with E-state index in [9.17, 15) is 0 Å². The number of aliphatic imine (C=N–C) groups is 1. The van der Waals surface area contributed by atoms with Crippen LogP contribution in [0.1, 0.15) is 56.2 Å². The monoisotopic (exact) mass is 633 g/mol. The molecule has 0 aromatic heterocycles. The number of hydrogen-bond donors (Lipinski definition) is 0. The van der Waals surface area contributed by atoms with Gasteiger partial charge < -0.3 is 0 Å². The van der Waals surface area contributed by atoms with Crippen molar-refractivity contribution in [2.45, 2.75) is 39.5 Å². The Morgan fingerprint density at radius 1 is 0.413 bits per heavy atom. The van der Waals surface area contributed by atoms with E-state index in [0.717, 1.165) is 5.69 Å². The summed E-state index contributed by atoms with van der Waals surface area (Å²) >= 11 is 0. The minimum atomic E-state index is -0.833. The second kappa shape index (κ2) is 15.0. The summed E-state index contributed by atoms with van der Waals surface area (Å²) < 4.78 is 0. The number of rotatable bonds is 10. The molecule has 0 bridgehead atoms. The average Bonchev–Trinajstić information content (AvgIpc) is 3.10. The van der Waals surface area contributed by atoms with E-state index in [-0.39, 0.29) is 0 Å². The SMILES string of the molecule is CC(C)c1ccccc1P(c1ccccc1C=Nc1ccccc1P(c1ccccc1)c1ccccc1)c1ccccc1C(C)C. The van der Waals surface area contributed by atoms with Crippen molar-refractivity contribution in [1.82, 2.24) is 0 Å². The van der Waals surface area contributed by atoms with Gasteiger partial charge in [0.2, 0.25) is 0 Å². The molecule has 3 heteroatoms. The third kappa shape index (κ3) is 6.98. The van der Waals surface area contributed by atoms with Gasteiger partial charge in [-0.25, -0.2) is 0 Å². The van der Waals surface area contributed by atoms with Crippen molar-refractivity contribution >= 4 is 59.6 Å². The third-order valence-electron chi connectivity index (χ3n) is 8.27. The molecular weight excluding hydrogens is 592 g/mol. The van der Waals surface area contributed by atoms with E-state index in [4.69, 9.17) is 4.99 Å². The molecule has 0 saturated carbocycles. The summed E-state index contributed by atoms with van der Waals surface area (Å²) in [6.07, 6.45) is 2.11. The molecule has 6 rings (SSSR count). The summed E-state index contributed by atoms with van der Waals surface area (Å²) in [5.74, 6) is 0.852. The Bertz CT molecular complexity index is 1820. The van der Waals surface area contributed by atoms with Gasteiger partial charge in [-0.2, -0.15) is 0 Å². The van der Waals surface area contributed by atoms with Gasteiger partial charge in [-0.05, 0) is 71.4 Å². The molecule has 46 heavy (non-hydrogen) atoms. The van der Waals surface area contributed by atoms with Gasteiger partial charge in [0.25, 0.3) is 0 Å². The van der Waals surface area contributed by atoms with Crippen LogP contribution in [-0.2, 0) is 0 Å². The van der Waals surface area contributed by atoms with Gasteiger partial charge in [0.05, 0.1) is 5.69 Å². The first kappa shape index (κ1) is 31.8. The van der Waals surface area contributed by atoms with E-state index >= 15 is 0 Å². The summed E-state index contributed by atoms with van der Waals surface area (Å²) in [4.78, 5) is 5.30. The molecule has 228 valence electrons. The quantitative estimate of drug-likeness (QED) is 0.105. The van der Waals surface area contributed by atoms with E-state index in [1.165, 1.54) is 48.5 Å². The van der Waals surface area contributed by atoms with Crippen molar-refractivity contribution in [1.29, 1.82) is 0 Å². The zero-order valence-electron chi connectivity index (χ0n) is 27.1. The average molecular weight is 634 g/mol. The normalized spacial score (nSPS) is 11.7. The minimum Gasteiger partial charge on any atom is -0.256 e. The highest BCUT2D eigenvalue weighted by atomic mass is 31.1. The summed E-state index contributed by atoms with van der Waals surface area (Å²) in [6.45, 7) is 9.23. The van der Waals surface area contributed by atoms with Crippen LogP contribution >= 0.6 is 15.8 Å². The second-order valence-electron chi connectivity index (χ2n) is 12.1. The van der Waals surface area contributed by atoms with Crippen LogP contribution in [0.4, 0.5) is 5.69 Å². The Kier molecular flexibility index (Phi) is 10.3. The van der Waals surface area contributed by atoms with E-state index in [1.807, 2.05) is 0 Å². The van der Waals surface area contributed by atoms with Gasteiger partial charge in [-0.15, -0.1) is 0 Å². The highest BCUT2D eigenvalue weighted by Crippen LogP contribution is 2.40. The molecule has 0 unspecified atom stereocenters. The Balaban J connectivity index is 1.50. The predicted molar refractivity (Wildman–Crippen MR) is 206 cm³/mol. The Hall–Kier alpha value is -4.15. The Morgan fingerprint density at radius 3 is 1.35 bits per heavy atom. The van der Waals surface area contributed by atoms with E-state index in [2.05, 4.69) is 192 Å². The van der Waals surface area contributed by atoms with Crippen molar-refractivity contribution in [3.63, 3.8) is 0 Å². The lowest BCUT2D eigenvalue weighted by molar-refractivity contribution is 0.872. The van der Waals surface area contributed by atoms with Crippen LogP contribution in [0.2, 0.25) is 0 Å². The van der Waals surface area contributed by atoms with E-state index in [1.54, 1.807) is 0 Å². The van der Waals surface area contributed by atoms with Gasteiger partial charge in [0.1, 0.15) is 0 Å². The lowest BCUT2D eigenvalue weighted by atomic mass is 10.0. The molecule has 0 heterocycles. The number of para-hydroxylation sites is 1. The standard InChI is InChI=1S/C43H41NP2/c1-32(2)37-24-12-16-28-41(37)46(42-29-17-13-25-38(42)33(3)4)40-27-15-11-19-34(40)31-44-39-26-14-18-30-43(39)45(35-20-7-5-8-21-35)36-22-9-6-10-23-36/h5-33H,1-4H3. The molecule has 0 aliphatic carbocycles. The van der Waals surface area contributed by atoms with Crippen molar-refractivity contribution in [3.8, 4) is 0 Å².